The molecule has 0 saturated heterocycles. The van der Waals surface area contributed by atoms with Crippen LogP contribution in [0.25, 0.3) is 0 Å². The molecule has 110 valence electrons. The van der Waals surface area contributed by atoms with Crippen LogP contribution in [0.3, 0.4) is 0 Å². The molecule has 1 aromatic heterocycles. The van der Waals surface area contributed by atoms with E-state index in [0.29, 0.717) is 6.61 Å². The number of thiazole rings is 1. The van der Waals surface area contributed by atoms with Crippen LogP contribution < -0.4 is 15.4 Å². The Labute approximate surface area is 128 Å². The number of benzene rings is 1. The van der Waals surface area contributed by atoms with Crippen LogP contribution in [-0.4, -0.2) is 18.1 Å². The summed E-state index contributed by atoms with van der Waals surface area (Å²) in [6.45, 7) is 2.43. The molecule has 21 heavy (non-hydrogen) atoms. The molecule has 1 aromatic carbocycles. The molecule has 1 unspecified atom stereocenters. The third-order valence-electron chi connectivity index (χ3n) is 4.20. The van der Waals surface area contributed by atoms with Crippen molar-refractivity contribution in [2.75, 3.05) is 18.1 Å². The summed E-state index contributed by atoms with van der Waals surface area (Å²) in [5, 5.41) is 1.10. The van der Waals surface area contributed by atoms with Crippen LogP contribution in [-0.2, 0) is 13.0 Å². The number of rotatable bonds is 1. The molecule has 2 N–H and O–H groups in total. The van der Waals surface area contributed by atoms with Crippen LogP contribution in [0.1, 0.15) is 35.0 Å². The van der Waals surface area contributed by atoms with Crippen molar-refractivity contribution < 1.29 is 4.74 Å². The largest absolute Gasteiger partial charge is 0.491 e. The SMILES string of the molecule is NC1CCCc2nc(N3CCOc4ccccc4C3)sc21. The first-order valence-electron chi connectivity index (χ1n) is 7.52. The number of aryl methyl sites for hydroxylation is 1. The molecule has 1 aliphatic heterocycles. The number of para-hydroxylation sites is 1. The van der Waals surface area contributed by atoms with Crippen LogP contribution in [0.5, 0.6) is 5.75 Å². The summed E-state index contributed by atoms with van der Waals surface area (Å²) in [4.78, 5) is 8.46. The average Bonchev–Trinajstić information content (AvgIpc) is 2.82. The second-order valence-electron chi connectivity index (χ2n) is 5.68. The first-order chi connectivity index (χ1) is 10.3. The standard InChI is InChI=1S/C16H19N3OS/c17-12-5-3-6-13-15(12)21-16(18-13)19-8-9-20-14-7-2-1-4-11(14)10-19/h1-2,4,7,12H,3,5-6,8-10,17H2. The minimum Gasteiger partial charge on any atom is -0.491 e. The maximum Gasteiger partial charge on any atom is 0.186 e. The number of fused-ring (bicyclic) bond motifs is 2. The smallest absolute Gasteiger partial charge is 0.186 e. The molecular formula is C16H19N3OS. The van der Waals surface area contributed by atoms with E-state index in [9.17, 15) is 0 Å². The Balaban J connectivity index is 1.65. The molecule has 0 amide bonds. The third kappa shape index (κ3) is 2.40. The van der Waals surface area contributed by atoms with Gasteiger partial charge in [0.05, 0.1) is 12.2 Å². The van der Waals surface area contributed by atoms with E-state index in [4.69, 9.17) is 15.5 Å². The van der Waals surface area contributed by atoms with Crippen LogP contribution in [0.2, 0.25) is 0 Å². The number of aromatic nitrogens is 1. The molecular weight excluding hydrogens is 282 g/mol. The predicted octanol–water partition coefficient (Wildman–Crippen LogP) is 2.88. The highest BCUT2D eigenvalue weighted by molar-refractivity contribution is 7.15. The van der Waals surface area contributed by atoms with Gasteiger partial charge >= 0.3 is 0 Å². The Morgan fingerprint density at radius 2 is 2.24 bits per heavy atom. The zero-order valence-corrected chi connectivity index (χ0v) is 12.7. The second kappa shape index (κ2) is 5.31. The lowest BCUT2D eigenvalue weighted by Crippen LogP contribution is -2.25. The Morgan fingerprint density at radius 1 is 1.33 bits per heavy atom. The number of anilines is 1. The summed E-state index contributed by atoms with van der Waals surface area (Å²) < 4.78 is 5.83. The summed E-state index contributed by atoms with van der Waals surface area (Å²) in [6.07, 6.45) is 3.31. The van der Waals surface area contributed by atoms with Gasteiger partial charge in [-0.25, -0.2) is 4.98 Å². The molecule has 2 heterocycles. The number of nitrogens with two attached hydrogens (primary N) is 1. The monoisotopic (exact) mass is 301 g/mol. The lowest BCUT2D eigenvalue weighted by atomic mass is 9.99. The number of nitrogens with zero attached hydrogens (tertiary/aromatic N) is 2. The molecule has 0 fully saturated rings. The van der Waals surface area contributed by atoms with Crippen LogP contribution in [0, 0.1) is 0 Å². The van der Waals surface area contributed by atoms with Gasteiger partial charge < -0.3 is 15.4 Å². The summed E-state index contributed by atoms with van der Waals surface area (Å²) in [6, 6.07) is 8.44. The first-order valence-corrected chi connectivity index (χ1v) is 8.34. The molecule has 1 aliphatic carbocycles. The molecule has 0 saturated carbocycles. The van der Waals surface area contributed by atoms with E-state index >= 15 is 0 Å². The third-order valence-corrected chi connectivity index (χ3v) is 5.50. The van der Waals surface area contributed by atoms with Gasteiger partial charge in [-0.05, 0) is 25.3 Å². The maximum atomic E-state index is 6.22. The number of hydrogen-bond acceptors (Lipinski definition) is 5. The number of ether oxygens (including phenoxy) is 1. The molecule has 2 aliphatic rings. The lowest BCUT2D eigenvalue weighted by molar-refractivity contribution is 0.331. The van der Waals surface area contributed by atoms with E-state index in [1.165, 1.54) is 16.1 Å². The van der Waals surface area contributed by atoms with Crippen molar-refractivity contribution in [2.24, 2.45) is 5.73 Å². The van der Waals surface area contributed by atoms with Gasteiger partial charge in [0.2, 0.25) is 0 Å². The van der Waals surface area contributed by atoms with Crippen molar-refractivity contribution in [3.63, 3.8) is 0 Å². The topological polar surface area (TPSA) is 51.4 Å². The van der Waals surface area contributed by atoms with Gasteiger partial charge in [-0.3, -0.25) is 0 Å². The minimum atomic E-state index is 0.176. The summed E-state index contributed by atoms with van der Waals surface area (Å²) >= 11 is 1.77. The van der Waals surface area contributed by atoms with Crippen LogP contribution in [0.4, 0.5) is 5.13 Å². The van der Waals surface area contributed by atoms with Gasteiger partial charge in [0.15, 0.2) is 5.13 Å². The van der Waals surface area contributed by atoms with Crippen molar-refractivity contribution in [1.29, 1.82) is 0 Å². The normalized spacial score (nSPS) is 21.2. The van der Waals surface area contributed by atoms with Crippen molar-refractivity contribution in [3.05, 3.63) is 40.4 Å². The summed E-state index contributed by atoms with van der Waals surface area (Å²) in [5.41, 5.74) is 8.67. The van der Waals surface area contributed by atoms with E-state index in [0.717, 1.165) is 43.2 Å². The fourth-order valence-corrected chi connectivity index (χ4v) is 4.24. The molecule has 5 heteroatoms. The first kappa shape index (κ1) is 13.1. The maximum absolute atomic E-state index is 6.22. The van der Waals surface area contributed by atoms with Gasteiger partial charge in [-0.1, -0.05) is 29.5 Å². The lowest BCUT2D eigenvalue weighted by Gasteiger charge is -2.18. The Hall–Kier alpha value is -1.59. The fourth-order valence-electron chi connectivity index (χ4n) is 3.06. The van der Waals surface area contributed by atoms with E-state index < -0.39 is 0 Å². The Bertz CT molecular complexity index is 655. The molecule has 2 aromatic rings. The highest BCUT2D eigenvalue weighted by Crippen LogP contribution is 2.37. The molecule has 4 nitrogen and oxygen atoms in total. The van der Waals surface area contributed by atoms with E-state index in [-0.39, 0.29) is 6.04 Å². The van der Waals surface area contributed by atoms with Crippen LogP contribution >= 0.6 is 11.3 Å². The van der Waals surface area contributed by atoms with Gasteiger partial charge in [-0.2, -0.15) is 0 Å². The number of hydrogen-bond donors (Lipinski definition) is 1. The molecule has 0 spiro atoms. The highest BCUT2D eigenvalue weighted by Gasteiger charge is 2.25. The summed E-state index contributed by atoms with van der Waals surface area (Å²) in [5.74, 6) is 0.998. The fraction of sp³-hybridized carbons (Fsp3) is 0.438. The zero-order chi connectivity index (χ0) is 14.2. The van der Waals surface area contributed by atoms with Crippen molar-refractivity contribution >= 4 is 16.5 Å². The quantitative estimate of drug-likeness (QED) is 0.880. The Morgan fingerprint density at radius 3 is 3.14 bits per heavy atom. The molecule has 4 rings (SSSR count). The summed E-state index contributed by atoms with van der Waals surface area (Å²) in [7, 11) is 0. The zero-order valence-electron chi connectivity index (χ0n) is 11.9. The Kier molecular flexibility index (Phi) is 3.31. The van der Waals surface area contributed by atoms with Gasteiger partial charge in [0, 0.05) is 23.0 Å². The molecule has 0 radical (unpaired) electrons. The van der Waals surface area contributed by atoms with Gasteiger partial charge in [0.25, 0.3) is 0 Å². The molecule has 1 atom stereocenters. The van der Waals surface area contributed by atoms with E-state index in [1.807, 2.05) is 12.1 Å². The second-order valence-corrected chi connectivity index (χ2v) is 6.69. The van der Waals surface area contributed by atoms with Gasteiger partial charge in [-0.15, -0.1) is 0 Å². The molecule has 0 bridgehead atoms. The van der Waals surface area contributed by atoms with E-state index in [2.05, 4.69) is 17.0 Å². The van der Waals surface area contributed by atoms with Crippen LogP contribution in [0.15, 0.2) is 24.3 Å². The van der Waals surface area contributed by atoms with Crippen molar-refractivity contribution in [2.45, 2.75) is 31.8 Å². The minimum absolute atomic E-state index is 0.176. The average molecular weight is 301 g/mol. The van der Waals surface area contributed by atoms with E-state index in [1.54, 1.807) is 11.3 Å². The van der Waals surface area contributed by atoms with Gasteiger partial charge in [0.1, 0.15) is 12.4 Å². The van der Waals surface area contributed by atoms with Crippen molar-refractivity contribution in [3.8, 4) is 5.75 Å². The highest BCUT2D eigenvalue weighted by atomic mass is 32.1. The predicted molar refractivity (Wildman–Crippen MR) is 85.0 cm³/mol. The van der Waals surface area contributed by atoms with Crippen molar-refractivity contribution in [1.82, 2.24) is 4.98 Å².